The Hall–Kier alpha value is -3.62. The van der Waals surface area contributed by atoms with Crippen molar-refractivity contribution in [2.75, 3.05) is 6.79 Å². The van der Waals surface area contributed by atoms with Gasteiger partial charge < -0.3 is 14.5 Å². The van der Waals surface area contributed by atoms with Crippen LogP contribution in [-0.4, -0.2) is 24.5 Å². The van der Waals surface area contributed by atoms with Gasteiger partial charge in [-0.3, -0.25) is 4.79 Å². The van der Waals surface area contributed by atoms with E-state index in [0.717, 1.165) is 27.6 Å². The van der Waals surface area contributed by atoms with E-state index >= 15 is 0 Å². The topological polar surface area (TPSA) is 88.7 Å². The summed E-state index contributed by atoms with van der Waals surface area (Å²) in [6.45, 7) is 4.02. The minimum atomic E-state index is -3.89. The molecule has 0 amide bonds. The van der Waals surface area contributed by atoms with E-state index in [1.54, 1.807) is 54.6 Å². The fourth-order valence-electron chi connectivity index (χ4n) is 4.14. The van der Waals surface area contributed by atoms with Gasteiger partial charge in [0, 0.05) is 24.0 Å². The molecule has 0 spiro atoms. The molecule has 0 aliphatic carbocycles. The highest BCUT2D eigenvalue weighted by Gasteiger charge is 2.27. The van der Waals surface area contributed by atoms with Gasteiger partial charge in [-0.1, -0.05) is 36.4 Å². The maximum absolute atomic E-state index is 13.6. The first-order valence-corrected chi connectivity index (χ1v) is 12.3. The molecule has 1 aromatic heterocycles. The van der Waals surface area contributed by atoms with Crippen LogP contribution >= 0.6 is 0 Å². The Balaban J connectivity index is 1.58. The lowest BCUT2D eigenvalue weighted by Gasteiger charge is -2.23. The number of ether oxygens (including phenoxy) is 2. The van der Waals surface area contributed by atoms with Gasteiger partial charge in [-0.05, 0) is 60.9 Å². The van der Waals surface area contributed by atoms with E-state index in [2.05, 4.69) is 4.98 Å². The van der Waals surface area contributed by atoms with E-state index < -0.39 is 10.0 Å². The first-order valence-electron chi connectivity index (χ1n) is 10.9. The van der Waals surface area contributed by atoms with Gasteiger partial charge in [0.2, 0.25) is 16.8 Å². The second-order valence-corrected chi connectivity index (χ2v) is 10.3. The number of pyridine rings is 1. The molecule has 2 heterocycles. The van der Waals surface area contributed by atoms with Crippen LogP contribution in [0.1, 0.15) is 22.3 Å². The lowest BCUT2D eigenvalue weighted by atomic mass is 10.0. The number of hydrogen-bond acceptors (Lipinski definition) is 5. The zero-order valence-corrected chi connectivity index (χ0v) is 19.7. The Labute approximate surface area is 197 Å². The summed E-state index contributed by atoms with van der Waals surface area (Å²) in [6, 6.07) is 19.3. The van der Waals surface area contributed by atoms with Gasteiger partial charge in [0.05, 0.1) is 10.4 Å². The summed E-state index contributed by atoms with van der Waals surface area (Å²) in [7, 11) is -3.89. The maximum atomic E-state index is 13.6. The third kappa shape index (κ3) is 4.06. The molecule has 0 unspecified atom stereocenters. The van der Waals surface area contributed by atoms with Crippen LogP contribution in [0, 0.1) is 13.8 Å². The maximum Gasteiger partial charge on any atom is 0.252 e. The van der Waals surface area contributed by atoms with Crippen LogP contribution < -0.4 is 15.0 Å². The van der Waals surface area contributed by atoms with Crippen LogP contribution in [0.3, 0.4) is 0 Å². The highest BCUT2D eigenvalue weighted by atomic mass is 32.2. The fraction of sp³-hybridized carbons (Fsp3) is 0.192. The van der Waals surface area contributed by atoms with Gasteiger partial charge >= 0.3 is 0 Å². The van der Waals surface area contributed by atoms with Crippen molar-refractivity contribution < 1.29 is 17.9 Å². The lowest BCUT2D eigenvalue weighted by molar-refractivity contribution is 0.174. The molecule has 7 nitrogen and oxygen atoms in total. The van der Waals surface area contributed by atoms with Crippen LogP contribution in [-0.2, 0) is 23.1 Å². The Bertz CT molecular complexity index is 1550. The number of fused-ring (bicyclic) bond motifs is 2. The Morgan fingerprint density at radius 3 is 2.41 bits per heavy atom. The predicted octanol–water partition coefficient (Wildman–Crippen LogP) is 4.26. The zero-order chi connectivity index (χ0) is 23.9. The summed E-state index contributed by atoms with van der Waals surface area (Å²) >= 11 is 0. The molecule has 3 aromatic carbocycles. The molecule has 0 saturated heterocycles. The van der Waals surface area contributed by atoms with Crippen molar-refractivity contribution in [3.05, 3.63) is 99.3 Å². The number of H-pyrrole nitrogens is 1. The first-order chi connectivity index (χ1) is 16.3. The van der Waals surface area contributed by atoms with Crippen molar-refractivity contribution in [1.82, 2.24) is 9.29 Å². The van der Waals surface area contributed by atoms with Gasteiger partial charge in [0.25, 0.3) is 5.56 Å². The van der Waals surface area contributed by atoms with Crippen LogP contribution in [0.15, 0.2) is 76.4 Å². The minimum absolute atomic E-state index is 0.0676. The average molecular weight is 477 g/mol. The number of nitrogens with one attached hydrogen (secondary N) is 1. The molecule has 5 rings (SSSR count). The third-order valence-electron chi connectivity index (χ3n) is 6.04. The van der Waals surface area contributed by atoms with E-state index in [4.69, 9.17) is 9.47 Å². The smallest absolute Gasteiger partial charge is 0.252 e. The van der Waals surface area contributed by atoms with E-state index in [9.17, 15) is 13.2 Å². The standard InChI is InChI=1S/C26H24N2O5S/c1-17-8-9-18(2)25-22(17)13-20(26(29)27-25)15-28(34(30,31)21-6-4-3-5-7-21)14-19-10-11-23-24(12-19)33-16-32-23/h3-13H,14-16H2,1-2H3,(H,27,29). The van der Waals surface area contributed by atoms with Crippen molar-refractivity contribution in [3.63, 3.8) is 0 Å². The third-order valence-corrected chi connectivity index (χ3v) is 7.85. The summed E-state index contributed by atoms with van der Waals surface area (Å²) in [4.78, 5) is 16.1. The molecule has 1 aliphatic heterocycles. The van der Waals surface area contributed by atoms with Gasteiger partial charge in [0.1, 0.15) is 0 Å². The molecular weight excluding hydrogens is 452 g/mol. The number of rotatable bonds is 6. The van der Waals surface area contributed by atoms with Crippen molar-refractivity contribution in [1.29, 1.82) is 0 Å². The van der Waals surface area contributed by atoms with Gasteiger partial charge in [-0.2, -0.15) is 4.31 Å². The molecule has 0 saturated carbocycles. The molecule has 174 valence electrons. The Morgan fingerprint density at radius 2 is 1.62 bits per heavy atom. The summed E-state index contributed by atoms with van der Waals surface area (Å²) in [6.07, 6.45) is 0. The zero-order valence-electron chi connectivity index (χ0n) is 18.9. The largest absolute Gasteiger partial charge is 0.454 e. The van der Waals surface area contributed by atoms with E-state index in [-0.39, 0.29) is 30.3 Å². The normalized spacial score (nSPS) is 13.0. The van der Waals surface area contributed by atoms with Crippen molar-refractivity contribution >= 4 is 20.9 Å². The van der Waals surface area contributed by atoms with Crippen LogP contribution in [0.25, 0.3) is 10.9 Å². The molecule has 0 fully saturated rings. The Kier molecular flexibility index (Phi) is 5.63. The van der Waals surface area contributed by atoms with E-state index in [1.165, 1.54) is 4.31 Å². The molecule has 1 aliphatic rings. The quantitative estimate of drug-likeness (QED) is 0.449. The molecule has 8 heteroatoms. The number of nitrogens with zero attached hydrogens (tertiary/aromatic N) is 1. The monoisotopic (exact) mass is 476 g/mol. The lowest BCUT2D eigenvalue weighted by Crippen LogP contribution is -2.32. The second-order valence-electron chi connectivity index (χ2n) is 8.39. The summed E-state index contributed by atoms with van der Waals surface area (Å²) in [5, 5.41) is 0.898. The van der Waals surface area contributed by atoms with Crippen molar-refractivity contribution in [3.8, 4) is 11.5 Å². The summed E-state index contributed by atoms with van der Waals surface area (Å²) < 4.78 is 39.4. The molecule has 1 N–H and O–H groups in total. The van der Waals surface area contributed by atoms with Crippen molar-refractivity contribution in [2.45, 2.75) is 31.8 Å². The van der Waals surface area contributed by atoms with Crippen LogP contribution in [0.4, 0.5) is 0 Å². The molecule has 0 radical (unpaired) electrons. The number of aromatic nitrogens is 1. The number of hydrogen-bond donors (Lipinski definition) is 1. The van der Waals surface area contributed by atoms with Crippen molar-refractivity contribution in [2.24, 2.45) is 0 Å². The second kappa shape index (κ2) is 8.62. The first kappa shape index (κ1) is 22.2. The van der Waals surface area contributed by atoms with E-state index in [0.29, 0.717) is 17.1 Å². The highest BCUT2D eigenvalue weighted by molar-refractivity contribution is 7.89. The molecular formula is C26H24N2O5S. The summed E-state index contributed by atoms with van der Waals surface area (Å²) in [5.41, 5.74) is 3.53. The molecule has 4 aromatic rings. The van der Waals surface area contributed by atoms with Gasteiger partial charge in [-0.25, -0.2) is 8.42 Å². The van der Waals surface area contributed by atoms with Crippen LogP contribution in [0.2, 0.25) is 0 Å². The van der Waals surface area contributed by atoms with Crippen LogP contribution in [0.5, 0.6) is 11.5 Å². The molecule has 34 heavy (non-hydrogen) atoms. The van der Waals surface area contributed by atoms with Gasteiger partial charge in [-0.15, -0.1) is 0 Å². The average Bonchev–Trinajstić information content (AvgIpc) is 3.30. The number of benzene rings is 3. The Morgan fingerprint density at radius 1 is 0.882 bits per heavy atom. The SMILES string of the molecule is Cc1ccc(C)c2[nH]c(=O)c(CN(Cc3ccc4c(c3)OCO4)S(=O)(=O)c3ccccc3)cc12. The van der Waals surface area contributed by atoms with E-state index in [1.807, 2.05) is 26.0 Å². The fourth-order valence-corrected chi connectivity index (χ4v) is 5.56. The number of sulfonamides is 1. The highest BCUT2D eigenvalue weighted by Crippen LogP contribution is 2.33. The summed E-state index contributed by atoms with van der Waals surface area (Å²) in [5.74, 6) is 1.20. The minimum Gasteiger partial charge on any atom is -0.454 e. The van der Waals surface area contributed by atoms with Gasteiger partial charge in [0.15, 0.2) is 11.5 Å². The molecule has 0 bridgehead atoms. The predicted molar refractivity (Wildman–Crippen MR) is 129 cm³/mol. The number of aromatic amines is 1. The molecule has 0 atom stereocenters. The number of aryl methyl sites for hydroxylation is 2.